The summed E-state index contributed by atoms with van der Waals surface area (Å²) in [6.07, 6.45) is 7.99. The average Bonchev–Trinajstić information content (AvgIpc) is 3.77. The molecular weight excluding hydrogens is 821 g/mol. The van der Waals surface area contributed by atoms with Crippen LogP contribution in [0.4, 0.5) is 17.1 Å². The van der Waals surface area contributed by atoms with E-state index < -0.39 is 0 Å². The molecule has 0 spiro atoms. The highest BCUT2D eigenvalue weighted by molar-refractivity contribution is 6.16. The van der Waals surface area contributed by atoms with Gasteiger partial charge in [-0.1, -0.05) is 206 Å². The second kappa shape index (κ2) is 17.9. The summed E-state index contributed by atoms with van der Waals surface area (Å²) in [6.45, 7) is 0. The SMILES string of the molecule is C1=CC(c2ccc(N(c3ccc(-c4ccc(-c5ccccc5)cc4)cc3)c3cccc(-c4cccc(-c5cccc6c5c5ccccc5n6-c5ccccc5)c4)c3)cc2)CC=C1c1ccccc1. The van der Waals surface area contributed by atoms with Gasteiger partial charge in [0.2, 0.25) is 0 Å². The van der Waals surface area contributed by atoms with Crippen molar-refractivity contribution in [3.05, 3.63) is 284 Å². The molecule has 0 fully saturated rings. The Morgan fingerprint density at radius 3 is 1.56 bits per heavy atom. The van der Waals surface area contributed by atoms with Gasteiger partial charge in [-0.2, -0.15) is 0 Å². The maximum Gasteiger partial charge on any atom is 0.0547 e. The second-order valence-electron chi connectivity index (χ2n) is 17.7. The lowest BCUT2D eigenvalue weighted by Gasteiger charge is -2.27. The number of para-hydroxylation sites is 2. The fourth-order valence-electron chi connectivity index (χ4n) is 10.1. The number of rotatable bonds is 10. The van der Waals surface area contributed by atoms with Crippen LogP contribution in [0.3, 0.4) is 0 Å². The van der Waals surface area contributed by atoms with E-state index in [0.717, 1.165) is 34.7 Å². The zero-order valence-electron chi connectivity index (χ0n) is 37.7. The van der Waals surface area contributed by atoms with Crippen LogP contribution in [0.1, 0.15) is 23.5 Å². The predicted molar refractivity (Wildman–Crippen MR) is 288 cm³/mol. The molecule has 10 aromatic carbocycles. The van der Waals surface area contributed by atoms with Crippen molar-refractivity contribution in [2.24, 2.45) is 0 Å². The first-order valence-corrected chi connectivity index (χ1v) is 23.6. The van der Waals surface area contributed by atoms with Gasteiger partial charge in [0, 0.05) is 39.4 Å². The number of nitrogens with zero attached hydrogens (tertiary/aromatic N) is 2. The fourth-order valence-corrected chi connectivity index (χ4v) is 10.1. The third-order valence-electron chi connectivity index (χ3n) is 13.6. The zero-order chi connectivity index (χ0) is 45.2. The number of hydrogen-bond acceptors (Lipinski definition) is 1. The van der Waals surface area contributed by atoms with Crippen LogP contribution in [0.25, 0.3) is 77.6 Å². The highest BCUT2D eigenvalue weighted by Crippen LogP contribution is 2.42. The molecule has 0 saturated carbocycles. The van der Waals surface area contributed by atoms with Crippen LogP contribution in [-0.2, 0) is 0 Å². The van der Waals surface area contributed by atoms with Crippen molar-refractivity contribution in [2.75, 3.05) is 4.90 Å². The molecule has 1 atom stereocenters. The number of anilines is 3. The Hall–Kier alpha value is -8.72. The lowest BCUT2D eigenvalue weighted by atomic mass is 9.88. The Labute approximate surface area is 398 Å². The van der Waals surface area contributed by atoms with E-state index >= 15 is 0 Å². The summed E-state index contributed by atoms with van der Waals surface area (Å²) in [7, 11) is 0. The van der Waals surface area contributed by atoms with Crippen molar-refractivity contribution in [3.8, 4) is 50.2 Å². The smallest absolute Gasteiger partial charge is 0.0547 e. The van der Waals surface area contributed by atoms with E-state index in [1.54, 1.807) is 0 Å². The summed E-state index contributed by atoms with van der Waals surface area (Å²) in [5.74, 6) is 0.328. The molecule has 1 unspecified atom stereocenters. The molecule has 1 heterocycles. The molecule has 11 aromatic rings. The van der Waals surface area contributed by atoms with Gasteiger partial charge in [0.1, 0.15) is 0 Å². The van der Waals surface area contributed by atoms with Gasteiger partial charge in [0.15, 0.2) is 0 Å². The topological polar surface area (TPSA) is 8.17 Å². The zero-order valence-corrected chi connectivity index (χ0v) is 37.7. The van der Waals surface area contributed by atoms with Gasteiger partial charge < -0.3 is 9.47 Å². The lowest BCUT2D eigenvalue weighted by Crippen LogP contribution is -2.10. The maximum atomic E-state index is 2.39. The quantitative estimate of drug-likeness (QED) is 0.133. The molecule has 0 aliphatic heterocycles. The predicted octanol–water partition coefficient (Wildman–Crippen LogP) is 18.0. The van der Waals surface area contributed by atoms with Gasteiger partial charge in [-0.05, 0) is 134 Å². The number of allylic oxidation sites excluding steroid dienone is 4. The van der Waals surface area contributed by atoms with Crippen LogP contribution in [0.2, 0.25) is 0 Å². The van der Waals surface area contributed by atoms with E-state index in [1.165, 1.54) is 77.5 Å². The minimum absolute atomic E-state index is 0.328. The van der Waals surface area contributed by atoms with E-state index in [4.69, 9.17) is 0 Å². The molecule has 1 aliphatic rings. The van der Waals surface area contributed by atoms with Crippen LogP contribution in [0.15, 0.2) is 273 Å². The first kappa shape index (κ1) is 40.8. The fraction of sp³-hybridized carbons (Fsp3) is 0.0303. The van der Waals surface area contributed by atoms with Gasteiger partial charge in [0.25, 0.3) is 0 Å². The van der Waals surface area contributed by atoms with E-state index in [2.05, 4.69) is 282 Å². The van der Waals surface area contributed by atoms with Crippen LogP contribution in [0, 0.1) is 0 Å². The minimum Gasteiger partial charge on any atom is -0.310 e. The summed E-state index contributed by atoms with van der Waals surface area (Å²) < 4.78 is 2.39. The Morgan fingerprint density at radius 2 is 0.882 bits per heavy atom. The second-order valence-corrected chi connectivity index (χ2v) is 17.7. The lowest BCUT2D eigenvalue weighted by molar-refractivity contribution is 0.856. The first-order valence-electron chi connectivity index (χ1n) is 23.6. The summed E-state index contributed by atoms with van der Waals surface area (Å²) in [6, 6.07) is 92.6. The van der Waals surface area contributed by atoms with E-state index in [1.807, 2.05) is 0 Å². The van der Waals surface area contributed by atoms with Crippen molar-refractivity contribution in [3.63, 3.8) is 0 Å². The van der Waals surface area contributed by atoms with Crippen molar-refractivity contribution in [1.82, 2.24) is 4.57 Å². The van der Waals surface area contributed by atoms with Crippen LogP contribution in [-0.4, -0.2) is 4.57 Å². The average molecular weight is 869 g/mol. The molecule has 12 rings (SSSR count). The highest BCUT2D eigenvalue weighted by atomic mass is 15.1. The van der Waals surface area contributed by atoms with Crippen LogP contribution < -0.4 is 4.90 Å². The van der Waals surface area contributed by atoms with Gasteiger partial charge >= 0.3 is 0 Å². The molecule has 0 N–H and O–H groups in total. The molecule has 2 nitrogen and oxygen atoms in total. The molecule has 2 heteroatoms. The Morgan fingerprint density at radius 1 is 0.368 bits per heavy atom. The summed E-state index contributed by atoms with van der Waals surface area (Å²) >= 11 is 0. The standard InChI is InChI=1S/C66H48N2/c1-4-15-47(16-5-1)49-29-33-51(34-30-49)53-37-41-59(42-38-53)67(60-43-39-54(40-44-60)52-35-31-50(32-36-52)48-17-6-2-7-18-48)61-24-13-20-56(46-61)55-19-12-21-57(45-55)62-26-14-28-65-66(62)63-25-10-11-27-64(63)68(65)58-22-8-3-9-23-58/h1-35,37-46,52H,36H2. The molecule has 0 saturated heterocycles. The molecule has 0 bridgehead atoms. The molecule has 68 heavy (non-hydrogen) atoms. The molecule has 0 radical (unpaired) electrons. The molecule has 1 aliphatic carbocycles. The Bertz CT molecular complexity index is 3600. The van der Waals surface area contributed by atoms with E-state index in [9.17, 15) is 0 Å². The van der Waals surface area contributed by atoms with Crippen LogP contribution in [0.5, 0.6) is 0 Å². The Balaban J connectivity index is 0.900. The number of benzene rings is 10. The molecule has 0 amide bonds. The van der Waals surface area contributed by atoms with Gasteiger partial charge in [-0.15, -0.1) is 0 Å². The third-order valence-corrected chi connectivity index (χ3v) is 13.6. The normalized spacial score (nSPS) is 13.4. The van der Waals surface area contributed by atoms with E-state index in [-0.39, 0.29) is 0 Å². The first-order chi connectivity index (χ1) is 33.7. The van der Waals surface area contributed by atoms with Gasteiger partial charge in [-0.3, -0.25) is 0 Å². The van der Waals surface area contributed by atoms with Crippen molar-refractivity contribution >= 4 is 44.4 Å². The van der Waals surface area contributed by atoms with Gasteiger partial charge in [-0.25, -0.2) is 0 Å². The number of hydrogen-bond donors (Lipinski definition) is 0. The van der Waals surface area contributed by atoms with Crippen LogP contribution >= 0.6 is 0 Å². The number of fused-ring (bicyclic) bond motifs is 3. The number of aromatic nitrogens is 1. The van der Waals surface area contributed by atoms with Crippen molar-refractivity contribution < 1.29 is 0 Å². The van der Waals surface area contributed by atoms with E-state index in [0.29, 0.717) is 5.92 Å². The Kier molecular flexibility index (Phi) is 10.7. The monoisotopic (exact) mass is 868 g/mol. The largest absolute Gasteiger partial charge is 0.310 e. The third kappa shape index (κ3) is 7.82. The summed E-state index contributed by atoms with van der Waals surface area (Å²) in [4.78, 5) is 2.39. The molecule has 322 valence electrons. The summed E-state index contributed by atoms with van der Waals surface area (Å²) in [5.41, 5.74) is 20.3. The van der Waals surface area contributed by atoms with Crippen molar-refractivity contribution in [1.29, 1.82) is 0 Å². The van der Waals surface area contributed by atoms with Crippen molar-refractivity contribution in [2.45, 2.75) is 12.3 Å². The minimum atomic E-state index is 0.328. The maximum absolute atomic E-state index is 2.39. The van der Waals surface area contributed by atoms with Gasteiger partial charge in [0.05, 0.1) is 11.0 Å². The molecule has 1 aromatic heterocycles. The summed E-state index contributed by atoms with van der Waals surface area (Å²) in [5, 5.41) is 2.51. The highest BCUT2D eigenvalue weighted by Gasteiger charge is 2.19. The molecular formula is C66H48N2.